The molecular weight excluding hydrogens is 703 g/mol. The third-order valence-corrected chi connectivity index (χ3v) is 11.8. The minimum Gasteiger partial charge on any atom is -0.455 e. The Labute approximate surface area is 327 Å². The van der Waals surface area contributed by atoms with Crippen LogP contribution in [0.2, 0.25) is 0 Å². The van der Waals surface area contributed by atoms with Crippen LogP contribution in [0.5, 0.6) is 0 Å². The molecule has 3 aromatic heterocycles. The molecule has 0 radical (unpaired) electrons. The minimum absolute atomic E-state index is 0.618. The van der Waals surface area contributed by atoms with Crippen LogP contribution in [0.1, 0.15) is 0 Å². The van der Waals surface area contributed by atoms with Gasteiger partial charge in [0.25, 0.3) is 0 Å². The highest BCUT2D eigenvalue weighted by atomic mass is 32.1. The first kappa shape index (κ1) is 32.2. The SMILES string of the molecule is c1ccc(-c2ccc(-c3nc(-c4ccccc4)nc(-c4cccc(-c5ccc6c(c5)oc5c(-c7cccc8c7sc7ccccc78)cccc56)c4)n3)cc2)cc1. The zero-order valence-electron chi connectivity index (χ0n) is 30.1. The van der Waals surface area contributed by atoms with Gasteiger partial charge in [0.1, 0.15) is 11.2 Å². The minimum atomic E-state index is 0.618. The summed E-state index contributed by atoms with van der Waals surface area (Å²) < 4.78 is 9.35. The van der Waals surface area contributed by atoms with Crippen LogP contribution in [0, 0.1) is 0 Å². The van der Waals surface area contributed by atoms with Crippen molar-refractivity contribution in [2.75, 3.05) is 0 Å². The summed E-state index contributed by atoms with van der Waals surface area (Å²) in [7, 11) is 0. The fraction of sp³-hybridized carbons (Fsp3) is 0. The topological polar surface area (TPSA) is 51.8 Å². The van der Waals surface area contributed by atoms with Crippen LogP contribution in [-0.2, 0) is 0 Å². The van der Waals surface area contributed by atoms with Gasteiger partial charge in [-0.2, -0.15) is 0 Å². The number of furan rings is 1. The summed E-state index contributed by atoms with van der Waals surface area (Å²) in [5.41, 5.74) is 11.3. The molecule has 0 unspecified atom stereocenters. The number of fused-ring (bicyclic) bond motifs is 6. The van der Waals surface area contributed by atoms with Gasteiger partial charge in [0, 0.05) is 58.8 Å². The van der Waals surface area contributed by atoms with E-state index in [1.165, 1.54) is 31.3 Å². The van der Waals surface area contributed by atoms with E-state index in [1.807, 2.05) is 47.7 Å². The van der Waals surface area contributed by atoms with E-state index < -0.39 is 0 Å². The average molecular weight is 734 g/mol. The lowest BCUT2D eigenvalue weighted by molar-refractivity contribution is 0.670. The molecule has 0 aliphatic carbocycles. The molecule has 0 aliphatic rings. The van der Waals surface area contributed by atoms with Crippen LogP contribution in [0.3, 0.4) is 0 Å². The van der Waals surface area contributed by atoms with E-state index >= 15 is 0 Å². The van der Waals surface area contributed by atoms with Crippen molar-refractivity contribution < 1.29 is 4.42 Å². The summed E-state index contributed by atoms with van der Waals surface area (Å²) in [4.78, 5) is 15.0. The number of thiophene rings is 1. The van der Waals surface area contributed by atoms with E-state index in [0.29, 0.717) is 17.5 Å². The number of hydrogen-bond donors (Lipinski definition) is 0. The molecule has 0 fully saturated rings. The van der Waals surface area contributed by atoms with E-state index in [2.05, 4.69) is 152 Å². The molecular formula is C51H31N3OS. The average Bonchev–Trinajstić information content (AvgIpc) is 3.85. The molecule has 8 aromatic carbocycles. The number of hydrogen-bond acceptors (Lipinski definition) is 5. The number of aromatic nitrogens is 3. The van der Waals surface area contributed by atoms with Gasteiger partial charge in [0.2, 0.25) is 0 Å². The zero-order chi connectivity index (χ0) is 37.0. The van der Waals surface area contributed by atoms with Gasteiger partial charge in [-0.3, -0.25) is 0 Å². The maximum Gasteiger partial charge on any atom is 0.164 e. The highest BCUT2D eigenvalue weighted by Gasteiger charge is 2.18. The fourth-order valence-corrected chi connectivity index (χ4v) is 9.01. The molecule has 0 N–H and O–H groups in total. The van der Waals surface area contributed by atoms with Gasteiger partial charge < -0.3 is 4.42 Å². The molecule has 11 aromatic rings. The highest BCUT2D eigenvalue weighted by molar-refractivity contribution is 7.26. The van der Waals surface area contributed by atoms with E-state index in [-0.39, 0.29) is 0 Å². The molecule has 0 atom stereocenters. The van der Waals surface area contributed by atoms with Gasteiger partial charge in [-0.1, -0.05) is 164 Å². The molecule has 4 nitrogen and oxygen atoms in total. The lowest BCUT2D eigenvalue weighted by Crippen LogP contribution is -2.00. The Balaban J connectivity index is 0.991. The lowest BCUT2D eigenvalue weighted by Gasteiger charge is -2.10. The fourth-order valence-electron chi connectivity index (χ4n) is 7.78. The summed E-state index contributed by atoms with van der Waals surface area (Å²) in [6, 6.07) is 65.5. The van der Waals surface area contributed by atoms with Crippen LogP contribution >= 0.6 is 11.3 Å². The van der Waals surface area contributed by atoms with Crippen molar-refractivity contribution in [3.8, 4) is 67.5 Å². The first-order valence-electron chi connectivity index (χ1n) is 18.7. The summed E-state index contributed by atoms with van der Waals surface area (Å²) in [5, 5.41) is 4.78. The molecule has 0 saturated carbocycles. The van der Waals surface area contributed by atoms with E-state index in [4.69, 9.17) is 19.4 Å². The predicted molar refractivity (Wildman–Crippen MR) is 233 cm³/mol. The molecule has 262 valence electrons. The second kappa shape index (κ2) is 13.3. The van der Waals surface area contributed by atoms with Crippen molar-refractivity contribution in [3.63, 3.8) is 0 Å². The second-order valence-electron chi connectivity index (χ2n) is 14.0. The first-order chi connectivity index (χ1) is 27.7. The molecule has 0 bridgehead atoms. The Morgan fingerprint density at radius 2 is 0.857 bits per heavy atom. The van der Waals surface area contributed by atoms with Gasteiger partial charge in [-0.15, -0.1) is 11.3 Å². The van der Waals surface area contributed by atoms with Gasteiger partial charge in [0.15, 0.2) is 17.5 Å². The van der Waals surface area contributed by atoms with Crippen LogP contribution in [-0.4, -0.2) is 15.0 Å². The number of para-hydroxylation sites is 1. The standard InChI is InChI=1S/C51H31N3OS/c1-3-12-32(13-4-1)33-24-26-35(27-25-33)50-52-49(34-14-5-2-6-15-34)53-51(54-50)38-17-9-16-36(30-38)37-28-29-39-41-19-10-20-42(47(41)55-45(39)31-37)44-22-11-21-43-40-18-7-8-23-46(40)56-48(43)44/h1-31H. The maximum atomic E-state index is 6.78. The summed E-state index contributed by atoms with van der Waals surface area (Å²) in [6.45, 7) is 0. The van der Waals surface area contributed by atoms with Gasteiger partial charge in [-0.25, -0.2) is 15.0 Å². The molecule has 0 spiro atoms. The van der Waals surface area contributed by atoms with E-state index in [0.717, 1.165) is 60.9 Å². The van der Waals surface area contributed by atoms with Crippen LogP contribution in [0.25, 0.3) is 110 Å². The Morgan fingerprint density at radius 1 is 0.339 bits per heavy atom. The smallest absolute Gasteiger partial charge is 0.164 e. The van der Waals surface area contributed by atoms with Crippen LogP contribution in [0.4, 0.5) is 0 Å². The Morgan fingerprint density at radius 3 is 1.64 bits per heavy atom. The van der Waals surface area contributed by atoms with Crippen molar-refractivity contribution in [2.45, 2.75) is 0 Å². The van der Waals surface area contributed by atoms with Crippen molar-refractivity contribution in [2.24, 2.45) is 0 Å². The normalized spacial score (nSPS) is 11.6. The van der Waals surface area contributed by atoms with Crippen molar-refractivity contribution >= 4 is 53.4 Å². The molecule has 0 saturated heterocycles. The maximum absolute atomic E-state index is 6.78. The second-order valence-corrected chi connectivity index (χ2v) is 15.0. The summed E-state index contributed by atoms with van der Waals surface area (Å²) >= 11 is 1.84. The van der Waals surface area contributed by atoms with Crippen LogP contribution in [0.15, 0.2) is 192 Å². The first-order valence-corrected chi connectivity index (χ1v) is 19.5. The summed E-state index contributed by atoms with van der Waals surface area (Å²) in [5.74, 6) is 1.88. The Bertz CT molecular complexity index is 3240. The van der Waals surface area contributed by atoms with Crippen molar-refractivity contribution in [3.05, 3.63) is 188 Å². The lowest BCUT2D eigenvalue weighted by atomic mass is 9.99. The summed E-state index contributed by atoms with van der Waals surface area (Å²) in [6.07, 6.45) is 0. The molecule has 3 heterocycles. The van der Waals surface area contributed by atoms with Gasteiger partial charge in [0.05, 0.1) is 0 Å². The molecule has 56 heavy (non-hydrogen) atoms. The largest absolute Gasteiger partial charge is 0.455 e. The Kier molecular flexibility index (Phi) is 7.64. The quantitative estimate of drug-likeness (QED) is 0.171. The highest BCUT2D eigenvalue weighted by Crippen LogP contribution is 2.44. The third kappa shape index (κ3) is 5.56. The number of nitrogens with zero attached hydrogens (tertiary/aromatic N) is 3. The molecule has 11 rings (SSSR count). The van der Waals surface area contributed by atoms with Gasteiger partial charge in [-0.05, 0) is 46.5 Å². The van der Waals surface area contributed by atoms with Gasteiger partial charge >= 0.3 is 0 Å². The van der Waals surface area contributed by atoms with Crippen molar-refractivity contribution in [1.29, 1.82) is 0 Å². The number of rotatable bonds is 6. The van der Waals surface area contributed by atoms with Crippen LogP contribution < -0.4 is 0 Å². The van der Waals surface area contributed by atoms with E-state index in [9.17, 15) is 0 Å². The molecule has 0 aliphatic heterocycles. The monoisotopic (exact) mass is 733 g/mol. The van der Waals surface area contributed by atoms with Crippen molar-refractivity contribution in [1.82, 2.24) is 15.0 Å². The third-order valence-electron chi connectivity index (χ3n) is 10.6. The Hall–Kier alpha value is -7.21. The molecule has 0 amide bonds. The predicted octanol–water partition coefficient (Wildman–Crippen LogP) is 14.1. The molecule has 5 heteroatoms. The van der Waals surface area contributed by atoms with E-state index in [1.54, 1.807) is 0 Å². The zero-order valence-corrected chi connectivity index (χ0v) is 30.9. The number of benzene rings is 8.